The predicted molar refractivity (Wildman–Crippen MR) is 118 cm³/mol. The van der Waals surface area contributed by atoms with Crippen LogP contribution in [0.1, 0.15) is 12.7 Å². The maximum absolute atomic E-state index is 12.8. The van der Waals surface area contributed by atoms with Crippen LogP contribution in [0.2, 0.25) is 0 Å². The van der Waals surface area contributed by atoms with Crippen molar-refractivity contribution in [1.82, 2.24) is 19.7 Å². The van der Waals surface area contributed by atoms with E-state index in [1.807, 2.05) is 35.8 Å². The number of carbonyl (C=O) groups is 1. The number of hydrogen-bond donors (Lipinski definition) is 1. The van der Waals surface area contributed by atoms with E-state index in [9.17, 15) is 4.79 Å². The molecule has 0 radical (unpaired) electrons. The molecule has 1 aromatic carbocycles. The Balaban J connectivity index is 1.35. The van der Waals surface area contributed by atoms with E-state index in [1.165, 1.54) is 11.8 Å². The zero-order chi connectivity index (χ0) is 21.9. The van der Waals surface area contributed by atoms with Gasteiger partial charge in [-0.3, -0.25) is 14.3 Å². The average molecular weight is 449 g/mol. The lowest BCUT2D eigenvalue weighted by atomic mass is 10.2. The number of furan rings is 1. The van der Waals surface area contributed by atoms with E-state index in [2.05, 4.69) is 20.5 Å². The first-order valence-corrected chi connectivity index (χ1v) is 10.8. The second-order valence-corrected chi connectivity index (χ2v) is 8.34. The minimum Gasteiger partial charge on any atom is -0.467 e. The molecule has 9 nitrogen and oxygen atoms in total. The minimum absolute atomic E-state index is 0.163. The summed E-state index contributed by atoms with van der Waals surface area (Å²) in [5, 5.41) is 11.8. The Morgan fingerprint density at radius 2 is 2.09 bits per heavy atom. The van der Waals surface area contributed by atoms with Crippen molar-refractivity contribution in [3.8, 4) is 22.9 Å². The van der Waals surface area contributed by atoms with Crippen LogP contribution in [-0.4, -0.2) is 37.7 Å². The summed E-state index contributed by atoms with van der Waals surface area (Å²) in [4.78, 5) is 17.0. The fourth-order valence-corrected chi connectivity index (χ4v) is 4.06. The summed E-state index contributed by atoms with van der Waals surface area (Å²) in [7, 11) is 0. The standard InChI is InChI=1S/C22H19N5O4S/c1-14(21(28)24-16-6-7-18-19(10-16)31-13-30-18)32-22-26-25-20(15-4-2-8-23-11-15)27(22)12-17-5-3-9-29-17/h2-11,14H,12-13H2,1H3,(H,24,28)/t14-/m0/s1. The smallest absolute Gasteiger partial charge is 0.237 e. The number of nitrogens with zero attached hydrogens (tertiary/aromatic N) is 4. The Bertz CT molecular complexity index is 1230. The Kier molecular flexibility index (Phi) is 5.51. The molecule has 0 unspecified atom stereocenters. The Labute approximate surface area is 187 Å². The van der Waals surface area contributed by atoms with Crippen LogP contribution < -0.4 is 14.8 Å². The van der Waals surface area contributed by atoms with Gasteiger partial charge in [0, 0.05) is 29.7 Å². The molecule has 0 bridgehead atoms. The van der Waals surface area contributed by atoms with Gasteiger partial charge in [-0.15, -0.1) is 10.2 Å². The van der Waals surface area contributed by atoms with Crippen molar-refractivity contribution in [2.45, 2.75) is 23.9 Å². The quantitative estimate of drug-likeness (QED) is 0.425. The van der Waals surface area contributed by atoms with Crippen LogP contribution in [0.15, 0.2) is 70.7 Å². The van der Waals surface area contributed by atoms with Gasteiger partial charge in [-0.25, -0.2) is 0 Å². The summed E-state index contributed by atoms with van der Waals surface area (Å²) >= 11 is 1.32. The largest absolute Gasteiger partial charge is 0.467 e. The molecule has 3 aromatic heterocycles. The number of hydrogen-bond acceptors (Lipinski definition) is 8. The third kappa shape index (κ3) is 4.17. The molecule has 0 saturated carbocycles. The second-order valence-electron chi connectivity index (χ2n) is 7.03. The summed E-state index contributed by atoms with van der Waals surface area (Å²) in [5.74, 6) is 2.53. The van der Waals surface area contributed by atoms with Crippen LogP contribution in [0, 0.1) is 0 Å². The number of amides is 1. The van der Waals surface area contributed by atoms with E-state index in [0.717, 1.165) is 11.3 Å². The van der Waals surface area contributed by atoms with Crippen molar-refractivity contribution in [3.63, 3.8) is 0 Å². The number of rotatable bonds is 7. The third-order valence-corrected chi connectivity index (χ3v) is 5.90. The fourth-order valence-electron chi connectivity index (χ4n) is 3.22. The van der Waals surface area contributed by atoms with Gasteiger partial charge >= 0.3 is 0 Å². The summed E-state index contributed by atoms with van der Waals surface area (Å²) < 4.78 is 18.1. The van der Waals surface area contributed by atoms with Crippen molar-refractivity contribution in [3.05, 3.63) is 66.9 Å². The second kappa shape index (κ2) is 8.75. The van der Waals surface area contributed by atoms with E-state index in [1.54, 1.807) is 36.9 Å². The number of thioether (sulfide) groups is 1. The molecule has 32 heavy (non-hydrogen) atoms. The summed E-state index contributed by atoms with van der Waals surface area (Å²) in [6.45, 7) is 2.44. The molecule has 4 aromatic rings. The highest BCUT2D eigenvalue weighted by Gasteiger charge is 2.22. The van der Waals surface area contributed by atoms with Crippen LogP contribution in [0.25, 0.3) is 11.4 Å². The molecular weight excluding hydrogens is 430 g/mol. The summed E-state index contributed by atoms with van der Waals surface area (Å²) in [6.07, 6.45) is 5.06. The number of benzene rings is 1. The zero-order valence-electron chi connectivity index (χ0n) is 17.1. The topological polar surface area (TPSA) is 104 Å². The van der Waals surface area contributed by atoms with Gasteiger partial charge in [0.1, 0.15) is 5.76 Å². The molecule has 0 aliphatic carbocycles. The monoisotopic (exact) mass is 449 g/mol. The van der Waals surface area contributed by atoms with Crippen molar-refractivity contribution >= 4 is 23.4 Å². The normalized spacial score (nSPS) is 13.2. The van der Waals surface area contributed by atoms with Crippen LogP contribution in [0.5, 0.6) is 11.5 Å². The zero-order valence-corrected chi connectivity index (χ0v) is 17.9. The third-order valence-electron chi connectivity index (χ3n) is 4.82. The first kappa shape index (κ1) is 20.1. The first-order valence-electron chi connectivity index (χ1n) is 9.90. The van der Waals surface area contributed by atoms with E-state index in [4.69, 9.17) is 13.9 Å². The lowest BCUT2D eigenvalue weighted by Crippen LogP contribution is -2.23. The van der Waals surface area contributed by atoms with Gasteiger partial charge in [-0.2, -0.15) is 0 Å². The van der Waals surface area contributed by atoms with Crippen LogP contribution >= 0.6 is 11.8 Å². The van der Waals surface area contributed by atoms with Gasteiger partial charge in [0.05, 0.1) is 18.1 Å². The number of carbonyl (C=O) groups excluding carboxylic acids is 1. The van der Waals surface area contributed by atoms with E-state index in [-0.39, 0.29) is 12.7 Å². The number of anilines is 1. The van der Waals surface area contributed by atoms with Crippen LogP contribution in [0.4, 0.5) is 5.69 Å². The highest BCUT2D eigenvalue weighted by molar-refractivity contribution is 8.00. The minimum atomic E-state index is -0.429. The van der Waals surface area contributed by atoms with E-state index in [0.29, 0.717) is 34.7 Å². The summed E-state index contributed by atoms with van der Waals surface area (Å²) in [5.41, 5.74) is 1.47. The molecule has 0 saturated heterocycles. The van der Waals surface area contributed by atoms with Crippen LogP contribution in [-0.2, 0) is 11.3 Å². The summed E-state index contributed by atoms with van der Waals surface area (Å²) in [6, 6.07) is 12.8. The Morgan fingerprint density at radius 3 is 2.91 bits per heavy atom. The molecular formula is C22H19N5O4S. The number of aromatic nitrogens is 4. The van der Waals surface area contributed by atoms with Gasteiger partial charge in [-0.05, 0) is 43.3 Å². The van der Waals surface area contributed by atoms with Gasteiger partial charge in [0.2, 0.25) is 12.7 Å². The average Bonchev–Trinajstić information content (AvgIpc) is 3.56. The van der Waals surface area contributed by atoms with E-state index < -0.39 is 5.25 Å². The van der Waals surface area contributed by atoms with Crippen molar-refractivity contribution in [2.75, 3.05) is 12.1 Å². The highest BCUT2D eigenvalue weighted by atomic mass is 32.2. The number of pyridine rings is 1. The molecule has 5 rings (SSSR count). The predicted octanol–water partition coefficient (Wildman–Crippen LogP) is 3.83. The molecule has 0 spiro atoms. The lowest BCUT2D eigenvalue weighted by molar-refractivity contribution is -0.115. The maximum Gasteiger partial charge on any atom is 0.237 e. The maximum atomic E-state index is 12.8. The van der Waals surface area contributed by atoms with Crippen molar-refractivity contribution in [2.24, 2.45) is 0 Å². The number of ether oxygens (including phenoxy) is 2. The van der Waals surface area contributed by atoms with Gasteiger partial charge in [0.15, 0.2) is 22.5 Å². The Hall–Kier alpha value is -3.79. The van der Waals surface area contributed by atoms with Gasteiger partial charge < -0.3 is 19.2 Å². The fraction of sp³-hybridized carbons (Fsp3) is 0.182. The molecule has 1 aliphatic rings. The van der Waals surface area contributed by atoms with Gasteiger partial charge in [0.25, 0.3) is 0 Å². The molecule has 1 aliphatic heterocycles. The molecule has 4 heterocycles. The SMILES string of the molecule is C[C@H](Sc1nnc(-c2cccnc2)n1Cc1ccco1)C(=O)Nc1ccc2c(c1)OCO2. The van der Waals surface area contributed by atoms with Crippen molar-refractivity contribution < 1.29 is 18.7 Å². The molecule has 0 fully saturated rings. The molecule has 1 amide bonds. The molecule has 1 N–H and O–H groups in total. The molecule has 1 atom stereocenters. The first-order chi connectivity index (χ1) is 15.7. The number of nitrogens with one attached hydrogen (secondary N) is 1. The van der Waals surface area contributed by atoms with E-state index >= 15 is 0 Å². The molecule has 162 valence electrons. The highest BCUT2D eigenvalue weighted by Crippen LogP contribution is 2.34. The van der Waals surface area contributed by atoms with Gasteiger partial charge in [-0.1, -0.05) is 11.8 Å². The lowest BCUT2D eigenvalue weighted by Gasteiger charge is -2.13. The van der Waals surface area contributed by atoms with Crippen LogP contribution in [0.3, 0.4) is 0 Å². The number of fused-ring (bicyclic) bond motifs is 1. The van der Waals surface area contributed by atoms with Crippen molar-refractivity contribution in [1.29, 1.82) is 0 Å². The molecule has 10 heteroatoms. The Morgan fingerprint density at radius 1 is 1.19 bits per heavy atom.